The number of rotatable bonds is 2. The highest BCUT2D eigenvalue weighted by molar-refractivity contribution is 6.24. The summed E-state index contributed by atoms with van der Waals surface area (Å²) in [7, 11) is 0. The number of imidazole rings is 1. The third-order valence-electron chi connectivity index (χ3n) is 4.84. The number of para-hydroxylation sites is 1. The van der Waals surface area contributed by atoms with Crippen molar-refractivity contribution in [3.05, 3.63) is 83.4 Å². The van der Waals surface area contributed by atoms with Crippen LogP contribution in [0.4, 0.5) is 5.69 Å². The Morgan fingerprint density at radius 2 is 1.61 bits per heavy atom. The van der Waals surface area contributed by atoms with E-state index in [0.717, 1.165) is 27.9 Å². The Kier molecular flexibility index (Phi) is 5.18. The monoisotopic (exact) mass is 373 g/mol. The van der Waals surface area contributed by atoms with Gasteiger partial charge in [0.2, 0.25) is 5.96 Å². The molecule has 0 aliphatic heterocycles. The maximum Gasteiger partial charge on any atom is 0.213 e. The van der Waals surface area contributed by atoms with Crippen LogP contribution in [-0.2, 0) is 5.41 Å². The molecule has 3 rings (SSSR count). The van der Waals surface area contributed by atoms with Crippen molar-refractivity contribution >= 4 is 17.5 Å². The topological polar surface area (TPSA) is 68.8 Å². The molecule has 0 aliphatic rings. The van der Waals surface area contributed by atoms with Gasteiger partial charge in [0.1, 0.15) is 12.2 Å². The molecule has 2 N–H and O–H groups in total. The summed E-state index contributed by atoms with van der Waals surface area (Å²) in [4.78, 5) is 5.78. The largest absolute Gasteiger partial charge is 0.283 e. The third kappa shape index (κ3) is 3.60. The van der Waals surface area contributed by atoms with Gasteiger partial charge in [0.15, 0.2) is 0 Å². The normalized spacial score (nSPS) is 11.3. The van der Waals surface area contributed by atoms with Crippen LogP contribution in [0.5, 0.6) is 0 Å². The fraction of sp³-hybridized carbons (Fsp3) is 0.261. The molecule has 0 fully saturated rings. The van der Waals surface area contributed by atoms with Crippen LogP contribution < -0.4 is 4.90 Å². The molecule has 1 aromatic heterocycles. The molecule has 2 aromatic carbocycles. The van der Waals surface area contributed by atoms with E-state index in [2.05, 4.69) is 31.8 Å². The van der Waals surface area contributed by atoms with E-state index in [0.29, 0.717) is 0 Å². The van der Waals surface area contributed by atoms with Gasteiger partial charge in [0.05, 0.1) is 5.69 Å². The van der Waals surface area contributed by atoms with Gasteiger partial charge in [-0.25, -0.2) is 4.98 Å². The number of aryl methyl sites for hydroxylation is 2. The number of anilines is 1. The van der Waals surface area contributed by atoms with E-state index < -0.39 is 0 Å². The van der Waals surface area contributed by atoms with Gasteiger partial charge in [0.25, 0.3) is 0 Å². The minimum atomic E-state index is -0.119. The number of hydrogen-bond donors (Lipinski definition) is 2. The van der Waals surface area contributed by atoms with Gasteiger partial charge in [-0.15, -0.1) is 0 Å². The zero-order valence-corrected chi connectivity index (χ0v) is 17.1. The minimum Gasteiger partial charge on any atom is -0.283 e. The van der Waals surface area contributed by atoms with Gasteiger partial charge in [-0.1, -0.05) is 63.2 Å². The molecule has 0 saturated carbocycles. The van der Waals surface area contributed by atoms with E-state index in [1.165, 1.54) is 0 Å². The van der Waals surface area contributed by atoms with Crippen LogP contribution in [-0.4, -0.2) is 21.3 Å². The number of nitrogens with one attached hydrogen (secondary N) is 2. The van der Waals surface area contributed by atoms with Gasteiger partial charge < -0.3 is 0 Å². The summed E-state index contributed by atoms with van der Waals surface area (Å²) >= 11 is 0. The lowest BCUT2D eigenvalue weighted by Gasteiger charge is -2.31. The molecule has 0 aliphatic carbocycles. The van der Waals surface area contributed by atoms with Crippen LogP contribution in [0.1, 0.15) is 43.0 Å². The fourth-order valence-corrected chi connectivity index (χ4v) is 3.45. The van der Waals surface area contributed by atoms with E-state index in [1.54, 1.807) is 28.2 Å². The number of amidine groups is 1. The van der Waals surface area contributed by atoms with Crippen LogP contribution in [0.3, 0.4) is 0 Å². The van der Waals surface area contributed by atoms with Crippen molar-refractivity contribution in [3.63, 3.8) is 0 Å². The second-order valence-electron chi connectivity index (χ2n) is 8.01. The van der Waals surface area contributed by atoms with E-state index in [4.69, 9.17) is 10.8 Å². The third-order valence-corrected chi connectivity index (χ3v) is 4.84. The summed E-state index contributed by atoms with van der Waals surface area (Å²) in [6.07, 6.45) is 4.96. The Balaban J connectivity index is 2.21. The first-order valence-corrected chi connectivity index (χ1v) is 9.33. The highest BCUT2D eigenvalue weighted by Gasteiger charge is 2.27. The first-order chi connectivity index (χ1) is 13.2. The van der Waals surface area contributed by atoms with Gasteiger partial charge in [-0.3, -0.25) is 20.3 Å². The average molecular weight is 374 g/mol. The van der Waals surface area contributed by atoms with Crippen molar-refractivity contribution in [2.24, 2.45) is 0 Å². The number of benzene rings is 2. The SMILES string of the molecule is Cc1cccc(C)c1N(C(=N)c1ccccc1C(C)(C)C)C(=N)n1ccnc1. The molecule has 0 bridgehead atoms. The molecule has 0 atom stereocenters. The predicted octanol–water partition coefficient (Wildman–Crippen LogP) is 5.11. The van der Waals surface area contributed by atoms with Crippen LogP contribution in [0, 0.1) is 24.7 Å². The summed E-state index contributed by atoms with van der Waals surface area (Å²) in [5.41, 5.74) is 4.67. The summed E-state index contributed by atoms with van der Waals surface area (Å²) in [5.74, 6) is 0.449. The van der Waals surface area contributed by atoms with Crippen LogP contribution in [0.25, 0.3) is 0 Å². The first kappa shape index (κ1) is 19.5. The zero-order chi connectivity index (χ0) is 20.5. The quantitative estimate of drug-likeness (QED) is 0.484. The molecule has 1 heterocycles. The number of hydrogen-bond acceptors (Lipinski definition) is 3. The Hall–Kier alpha value is -3.21. The number of aromatic nitrogens is 2. The lowest BCUT2D eigenvalue weighted by atomic mass is 9.83. The average Bonchev–Trinajstić information content (AvgIpc) is 3.18. The van der Waals surface area contributed by atoms with Gasteiger partial charge >= 0.3 is 0 Å². The van der Waals surface area contributed by atoms with Crippen molar-refractivity contribution in [1.82, 2.24) is 9.55 Å². The van der Waals surface area contributed by atoms with Crippen molar-refractivity contribution in [2.75, 3.05) is 4.90 Å². The predicted molar refractivity (Wildman–Crippen MR) is 116 cm³/mol. The molecular formula is C23H27N5. The Morgan fingerprint density at radius 3 is 2.18 bits per heavy atom. The Bertz CT molecular complexity index is 989. The van der Waals surface area contributed by atoms with Crippen LogP contribution >= 0.6 is 0 Å². The van der Waals surface area contributed by atoms with Crippen molar-refractivity contribution < 1.29 is 0 Å². The Morgan fingerprint density at radius 1 is 0.964 bits per heavy atom. The smallest absolute Gasteiger partial charge is 0.213 e. The molecule has 3 aromatic rings. The minimum absolute atomic E-state index is 0.119. The van der Waals surface area contributed by atoms with Gasteiger partial charge in [-0.05, 0) is 36.0 Å². The lowest BCUT2D eigenvalue weighted by Crippen LogP contribution is -2.42. The molecule has 5 heteroatoms. The summed E-state index contributed by atoms with van der Waals surface area (Å²) in [6, 6.07) is 14.0. The second kappa shape index (κ2) is 7.43. The molecule has 5 nitrogen and oxygen atoms in total. The van der Waals surface area contributed by atoms with Gasteiger partial charge in [0, 0.05) is 18.0 Å². The van der Waals surface area contributed by atoms with Crippen LogP contribution in [0.15, 0.2) is 61.2 Å². The fourth-order valence-electron chi connectivity index (χ4n) is 3.45. The Labute approximate surface area is 166 Å². The number of nitrogens with zero attached hydrogens (tertiary/aromatic N) is 3. The van der Waals surface area contributed by atoms with E-state index in [9.17, 15) is 0 Å². The molecular weight excluding hydrogens is 346 g/mol. The summed E-state index contributed by atoms with van der Waals surface area (Å²) < 4.78 is 1.63. The van der Waals surface area contributed by atoms with E-state index >= 15 is 0 Å². The lowest BCUT2D eigenvalue weighted by molar-refractivity contribution is 0.589. The van der Waals surface area contributed by atoms with Crippen molar-refractivity contribution in [2.45, 2.75) is 40.0 Å². The molecule has 0 spiro atoms. The standard InChI is InChI=1S/C23H27N5/c1-16-9-8-10-17(2)20(16)28(22(25)27-14-13-26-15-27)21(24)18-11-6-7-12-19(18)23(3,4)5/h6-15,24-25H,1-5H3. The molecule has 144 valence electrons. The van der Waals surface area contributed by atoms with E-state index in [-0.39, 0.29) is 17.2 Å². The summed E-state index contributed by atoms with van der Waals surface area (Å²) in [6.45, 7) is 10.5. The highest BCUT2D eigenvalue weighted by Crippen LogP contribution is 2.31. The second-order valence-corrected chi connectivity index (χ2v) is 8.01. The molecule has 0 saturated heterocycles. The van der Waals surface area contributed by atoms with Crippen molar-refractivity contribution in [3.8, 4) is 0 Å². The van der Waals surface area contributed by atoms with Gasteiger partial charge in [-0.2, -0.15) is 0 Å². The van der Waals surface area contributed by atoms with E-state index in [1.807, 2.05) is 50.2 Å². The first-order valence-electron chi connectivity index (χ1n) is 9.33. The maximum absolute atomic E-state index is 9.12. The maximum atomic E-state index is 9.12. The zero-order valence-electron chi connectivity index (χ0n) is 17.1. The molecule has 0 amide bonds. The summed E-state index contributed by atoms with van der Waals surface area (Å²) in [5, 5.41) is 18.0. The highest BCUT2D eigenvalue weighted by atomic mass is 15.3. The van der Waals surface area contributed by atoms with Crippen molar-refractivity contribution in [1.29, 1.82) is 10.8 Å². The van der Waals surface area contributed by atoms with Crippen LogP contribution in [0.2, 0.25) is 0 Å². The molecule has 0 unspecified atom stereocenters. The molecule has 28 heavy (non-hydrogen) atoms. The molecule has 0 radical (unpaired) electrons.